The smallest absolute Gasteiger partial charge is 0.310 e. The van der Waals surface area contributed by atoms with E-state index in [1.165, 1.54) is 0 Å². The molecule has 6 nitrogen and oxygen atoms in total. The number of nitriles is 1. The van der Waals surface area contributed by atoms with E-state index in [9.17, 15) is 9.59 Å². The van der Waals surface area contributed by atoms with Gasteiger partial charge >= 0.3 is 5.97 Å². The van der Waals surface area contributed by atoms with Crippen molar-refractivity contribution >= 4 is 11.9 Å². The predicted octanol–water partition coefficient (Wildman–Crippen LogP) is 1.74. The topological polar surface area (TPSA) is 79.6 Å². The number of hydrogen-bond donors (Lipinski definition) is 0. The lowest BCUT2D eigenvalue weighted by Gasteiger charge is -2.31. The summed E-state index contributed by atoms with van der Waals surface area (Å²) in [4.78, 5) is 25.7. The molecule has 0 radical (unpaired) electrons. The highest BCUT2D eigenvalue weighted by molar-refractivity contribution is 5.79. The van der Waals surface area contributed by atoms with Crippen LogP contribution in [-0.4, -0.2) is 43.1 Å². The number of nitrogens with zero attached hydrogens (tertiary/aromatic N) is 2. The first-order valence-electron chi connectivity index (χ1n) is 7.71. The van der Waals surface area contributed by atoms with Crippen LogP contribution in [0.25, 0.3) is 0 Å². The fourth-order valence-corrected chi connectivity index (χ4v) is 2.52. The van der Waals surface area contributed by atoms with Crippen LogP contribution in [0.1, 0.15) is 25.3 Å². The van der Waals surface area contributed by atoms with Crippen molar-refractivity contribution in [2.75, 3.05) is 26.3 Å². The molecular formula is C17H20N2O4. The SMILES string of the molecule is CCOC(=O)[C@H]1CCCN(C(=O)COc2ccc(C#N)cc2)C1. The normalized spacial score (nSPS) is 17.2. The summed E-state index contributed by atoms with van der Waals surface area (Å²) in [6, 6.07) is 8.61. The Bertz CT molecular complexity index is 592. The first-order valence-corrected chi connectivity index (χ1v) is 7.71. The number of esters is 1. The molecule has 0 saturated carbocycles. The summed E-state index contributed by atoms with van der Waals surface area (Å²) in [5.74, 6) is -0.0970. The van der Waals surface area contributed by atoms with Crippen LogP contribution in [0.3, 0.4) is 0 Å². The van der Waals surface area contributed by atoms with Crippen LogP contribution < -0.4 is 4.74 Å². The van der Waals surface area contributed by atoms with Gasteiger partial charge in [-0.15, -0.1) is 0 Å². The second-order valence-corrected chi connectivity index (χ2v) is 5.36. The van der Waals surface area contributed by atoms with Gasteiger partial charge in [0.15, 0.2) is 6.61 Å². The number of carbonyl (C=O) groups is 2. The molecule has 1 aromatic rings. The lowest BCUT2D eigenvalue weighted by molar-refractivity contribution is -0.151. The Balaban J connectivity index is 1.84. The van der Waals surface area contributed by atoms with Crippen molar-refractivity contribution in [3.63, 3.8) is 0 Å². The Hall–Kier alpha value is -2.55. The van der Waals surface area contributed by atoms with Gasteiger partial charge in [-0.3, -0.25) is 9.59 Å². The minimum Gasteiger partial charge on any atom is -0.484 e. The van der Waals surface area contributed by atoms with Gasteiger partial charge in [0.2, 0.25) is 0 Å². The van der Waals surface area contributed by atoms with Crippen molar-refractivity contribution in [1.82, 2.24) is 4.90 Å². The number of benzene rings is 1. The van der Waals surface area contributed by atoms with Gasteiger partial charge in [-0.05, 0) is 44.0 Å². The van der Waals surface area contributed by atoms with E-state index in [-0.39, 0.29) is 24.4 Å². The van der Waals surface area contributed by atoms with E-state index in [2.05, 4.69) is 0 Å². The summed E-state index contributed by atoms with van der Waals surface area (Å²) in [5, 5.41) is 8.74. The number of carbonyl (C=O) groups excluding carboxylic acids is 2. The number of ether oxygens (including phenoxy) is 2. The fourth-order valence-electron chi connectivity index (χ4n) is 2.52. The van der Waals surface area contributed by atoms with E-state index in [0.29, 0.717) is 31.0 Å². The standard InChI is InChI=1S/C17H20N2O4/c1-2-22-17(21)14-4-3-9-19(11-14)16(20)12-23-15-7-5-13(10-18)6-8-15/h5-8,14H,2-4,9,11-12H2,1H3/t14-/m0/s1. The average molecular weight is 316 g/mol. The van der Waals surface area contributed by atoms with Gasteiger partial charge in [-0.1, -0.05) is 0 Å². The molecule has 1 aliphatic heterocycles. The first kappa shape index (κ1) is 16.8. The molecule has 0 aliphatic carbocycles. The molecule has 0 bridgehead atoms. The Kier molecular flexibility index (Phi) is 5.98. The third-order valence-corrected chi connectivity index (χ3v) is 3.74. The van der Waals surface area contributed by atoms with Gasteiger partial charge in [-0.25, -0.2) is 0 Å². The van der Waals surface area contributed by atoms with E-state index in [0.717, 1.165) is 12.8 Å². The van der Waals surface area contributed by atoms with Crippen molar-refractivity contribution in [3.05, 3.63) is 29.8 Å². The van der Waals surface area contributed by atoms with Crippen molar-refractivity contribution < 1.29 is 19.1 Å². The molecule has 6 heteroatoms. The number of likely N-dealkylation sites (tertiary alicyclic amines) is 1. The van der Waals surface area contributed by atoms with Crippen molar-refractivity contribution in [2.45, 2.75) is 19.8 Å². The highest BCUT2D eigenvalue weighted by Crippen LogP contribution is 2.18. The minimum absolute atomic E-state index is 0.0819. The zero-order valence-electron chi connectivity index (χ0n) is 13.2. The van der Waals surface area contributed by atoms with E-state index in [4.69, 9.17) is 14.7 Å². The van der Waals surface area contributed by atoms with Crippen LogP contribution in [0, 0.1) is 17.2 Å². The number of hydrogen-bond acceptors (Lipinski definition) is 5. The Morgan fingerprint density at radius 2 is 2.09 bits per heavy atom. The zero-order valence-corrected chi connectivity index (χ0v) is 13.2. The molecule has 1 fully saturated rings. The van der Waals surface area contributed by atoms with E-state index < -0.39 is 0 Å². The highest BCUT2D eigenvalue weighted by Gasteiger charge is 2.29. The summed E-state index contributed by atoms with van der Waals surface area (Å²) in [6.45, 7) is 3.06. The molecule has 1 heterocycles. The van der Waals surface area contributed by atoms with Crippen LogP contribution in [-0.2, 0) is 14.3 Å². The predicted molar refractivity (Wildman–Crippen MR) is 82.6 cm³/mol. The average Bonchev–Trinajstić information content (AvgIpc) is 2.60. The van der Waals surface area contributed by atoms with Crippen molar-refractivity contribution in [3.8, 4) is 11.8 Å². The first-order chi connectivity index (χ1) is 11.1. The quantitative estimate of drug-likeness (QED) is 0.773. The second kappa shape index (κ2) is 8.18. The molecule has 1 atom stereocenters. The maximum Gasteiger partial charge on any atom is 0.310 e. The van der Waals surface area contributed by atoms with Crippen molar-refractivity contribution in [2.24, 2.45) is 5.92 Å². The monoisotopic (exact) mass is 316 g/mol. The Morgan fingerprint density at radius 1 is 1.35 bits per heavy atom. The van der Waals surface area contributed by atoms with E-state index in [1.807, 2.05) is 6.07 Å². The molecule has 2 rings (SSSR count). The van der Waals surface area contributed by atoms with Gasteiger partial charge in [-0.2, -0.15) is 5.26 Å². The maximum atomic E-state index is 12.2. The molecular weight excluding hydrogens is 296 g/mol. The molecule has 122 valence electrons. The Morgan fingerprint density at radius 3 is 2.74 bits per heavy atom. The highest BCUT2D eigenvalue weighted by atomic mass is 16.5. The molecule has 0 unspecified atom stereocenters. The summed E-state index contributed by atoms with van der Waals surface area (Å²) < 4.78 is 10.5. The van der Waals surface area contributed by atoms with E-state index >= 15 is 0 Å². The maximum absolute atomic E-state index is 12.2. The molecule has 1 amide bonds. The van der Waals surface area contributed by atoms with E-state index in [1.54, 1.807) is 36.1 Å². The lowest BCUT2D eigenvalue weighted by Crippen LogP contribution is -2.44. The van der Waals surface area contributed by atoms with Crippen molar-refractivity contribution in [1.29, 1.82) is 5.26 Å². The zero-order chi connectivity index (χ0) is 16.7. The number of amides is 1. The third kappa shape index (κ3) is 4.71. The van der Waals surface area contributed by atoms with Gasteiger partial charge in [0.25, 0.3) is 5.91 Å². The summed E-state index contributed by atoms with van der Waals surface area (Å²) in [5.41, 5.74) is 0.539. The molecule has 1 saturated heterocycles. The third-order valence-electron chi connectivity index (χ3n) is 3.74. The van der Waals surface area contributed by atoms with Gasteiger partial charge in [0.1, 0.15) is 5.75 Å². The summed E-state index contributed by atoms with van der Waals surface area (Å²) in [7, 11) is 0. The molecule has 0 spiro atoms. The molecule has 23 heavy (non-hydrogen) atoms. The van der Waals surface area contributed by atoms with Crippen LogP contribution >= 0.6 is 0 Å². The molecule has 1 aromatic carbocycles. The number of rotatable bonds is 5. The summed E-state index contributed by atoms with van der Waals surface area (Å²) in [6.07, 6.45) is 1.53. The molecule has 0 N–H and O–H groups in total. The fraction of sp³-hybridized carbons (Fsp3) is 0.471. The van der Waals surface area contributed by atoms with Crippen LogP contribution in [0.5, 0.6) is 5.75 Å². The van der Waals surface area contributed by atoms with Gasteiger partial charge in [0, 0.05) is 13.1 Å². The minimum atomic E-state index is -0.248. The van der Waals surface area contributed by atoms with Crippen LogP contribution in [0.2, 0.25) is 0 Å². The second-order valence-electron chi connectivity index (χ2n) is 5.36. The summed E-state index contributed by atoms with van der Waals surface area (Å²) >= 11 is 0. The molecule has 1 aliphatic rings. The largest absolute Gasteiger partial charge is 0.484 e. The van der Waals surface area contributed by atoms with Crippen LogP contribution in [0.15, 0.2) is 24.3 Å². The van der Waals surface area contributed by atoms with Crippen LogP contribution in [0.4, 0.5) is 0 Å². The number of piperidine rings is 1. The Labute approximate surface area is 135 Å². The molecule has 0 aromatic heterocycles. The van der Waals surface area contributed by atoms with Gasteiger partial charge < -0.3 is 14.4 Å². The lowest BCUT2D eigenvalue weighted by atomic mass is 9.98. The van der Waals surface area contributed by atoms with Gasteiger partial charge in [0.05, 0.1) is 24.2 Å².